The van der Waals surface area contributed by atoms with E-state index in [0.29, 0.717) is 0 Å². The van der Waals surface area contributed by atoms with E-state index in [2.05, 4.69) is 39.4 Å². The Morgan fingerprint density at radius 3 is 2.59 bits per heavy atom. The first-order valence-corrected chi connectivity index (χ1v) is 7.17. The Morgan fingerprint density at radius 1 is 1.18 bits per heavy atom. The molecule has 0 aliphatic heterocycles. The van der Waals surface area contributed by atoms with Crippen molar-refractivity contribution in [1.29, 1.82) is 0 Å². The standard InChI is InChI=1S/C14H20BrNO/c15-14-4-2-1-3-12(14)10-16-9-11-5-7-13(17)8-6-11/h1-4,11,13,16-17H,5-10H2. The van der Waals surface area contributed by atoms with Crippen LogP contribution in [0.25, 0.3) is 0 Å². The fraction of sp³-hybridized carbons (Fsp3) is 0.571. The molecule has 0 aromatic heterocycles. The average molecular weight is 298 g/mol. The SMILES string of the molecule is OC1CCC(CNCc2ccccc2Br)CC1. The van der Waals surface area contributed by atoms with Crippen LogP contribution >= 0.6 is 15.9 Å². The molecule has 0 atom stereocenters. The van der Waals surface area contributed by atoms with Gasteiger partial charge in [0.05, 0.1) is 6.10 Å². The van der Waals surface area contributed by atoms with Crippen LogP contribution in [-0.2, 0) is 6.54 Å². The Hall–Kier alpha value is -0.380. The fourth-order valence-corrected chi connectivity index (χ4v) is 2.83. The first kappa shape index (κ1) is 13.1. The highest BCUT2D eigenvalue weighted by Gasteiger charge is 2.18. The minimum Gasteiger partial charge on any atom is -0.393 e. The number of aliphatic hydroxyl groups is 1. The zero-order valence-corrected chi connectivity index (χ0v) is 11.6. The smallest absolute Gasteiger partial charge is 0.0540 e. The number of aliphatic hydroxyl groups excluding tert-OH is 1. The molecule has 0 heterocycles. The van der Waals surface area contributed by atoms with Crippen LogP contribution in [0.4, 0.5) is 0 Å². The second kappa shape index (κ2) is 6.53. The molecule has 2 N–H and O–H groups in total. The molecule has 0 radical (unpaired) electrons. The van der Waals surface area contributed by atoms with Crippen LogP contribution < -0.4 is 5.32 Å². The van der Waals surface area contributed by atoms with E-state index in [1.165, 1.54) is 10.0 Å². The van der Waals surface area contributed by atoms with Gasteiger partial charge in [0.2, 0.25) is 0 Å². The topological polar surface area (TPSA) is 32.3 Å². The molecule has 1 aromatic carbocycles. The summed E-state index contributed by atoms with van der Waals surface area (Å²) in [5.74, 6) is 0.737. The van der Waals surface area contributed by atoms with E-state index in [4.69, 9.17) is 0 Å². The maximum atomic E-state index is 9.44. The van der Waals surface area contributed by atoms with Crippen LogP contribution in [0.3, 0.4) is 0 Å². The third kappa shape index (κ3) is 4.09. The molecule has 0 amide bonds. The fourth-order valence-electron chi connectivity index (χ4n) is 2.40. The Labute approximate surface area is 112 Å². The maximum Gasteiger partial charge on any atom is 0.0540 e. The molecule has 17 heavy (non-hydrogen) atoms. The second-order valence-electron chi connectivity index (χ2n) is 4.90. The summed E-state index contributed by atoms with van der Waals surface area (Å²) in [4.78, 5) is 0. The van der Waals surface area contributed by atoms with Gasteiger partial charge in [-0.25, -0.2) is 0 Å². The third-order valence-corrected chi connectivity index (χ3v) is 4.30. The molecule has 1 fully saturated rings. The molecule has 1 saturated carbocycles. The minimum atomic E-state index is -0.0467. The summed E-state index contributed by atoms with van der Waals surface area (Å²) in [7, 11) is 0. The Kier molecular flexibility index (Phi) is 5.01. The molecule has 1 aliphatic carbocycles. The van der Waals surface area contributed by atoms with Gasteiger partial charge >= 0.3 is 0 Å². The van der Waals surface area contributed by atoms with Gasteiger partial charge in [0.1, 0.15) is 0 Å². The summed E-state index contributed by atoms with van der Waals surface area (Å²) in [5.41, 5.74) is 1.31. The lowest BCUT2D eigenvalue weighted by atomic mass is 9.87. The Bertz CT molecular complexity index is 348. The molecule has 3 heteroatoms. The van der Waals surface area contributed by atoms with Crippen LogP contribution in [0.15, 0.2) is 28.7 Å². The summed E-state index contributed by atoms with van der Waals surface area (Å²) < 4.78 is 1.17. The van der Waals surface area contributed by atoms with E-state index >= 15 is 0 Å². The van der Waals surface area contributed by atoms with E-state index < -0.39 is 0 Å². The lowest BCUT2D eigenvalue weighted by Crippen LogP contribution is -2.27. The van der Waals surface area contributed by atoms with Gasteiger partial charge in [-0.3, -0.25) is 0 Å². The largest absolute Gasteiger partial charge is 0.393 e. The normalized spacial score (nSPS) is 24.8. The van der Waals surface area contributed by atoms with Gasteiger partial charge in [-0.15, -0.1) is 0 Å². The molecule has 0 unspecified atom stereocenters. The number of hydrogen-bond donors (Lipinski definition) is 2. The van der Waals surface area contributed by atoms with Crippen molar-refractivity contribution < 1.29 is 5.11 Å². The van der Waals surface area contributed by atoms with Crippen molar-refractivity contribution >= 4 is 15.9 Å². The van der Waals surface area contributed by atoms with Crippen LogP contribution in [0.2, 0.25) is 0 Å². The maximum absolute atomic E-state index is 9.44. The van der Waals surface area contributed by atoms with Crippen molar-refractivity contribution in [2.75, 3.05) is 6.54 Å². The van der Waals surface area contributed by atoms with E-state index in [1.54, 1.807) is 0 Å². The van der Waals surface area contributed by atoms with Gasteiger partial charge in [0, 0.05) is 11.0 Å². The van der Waals surface area contributed by atoms with Crippen molar-refractivity contribution in [3.63, 3.8) is 0 Å². The molecule has 2 rings (SSSR count). The predicted octanol–water partition coefficient (Wildman–Crippen LogP) is 3.09. The number of halogens is 1. The molecule has 0 spiro atoms. The number of nitrogens with one attached hydrogen (secondary N) is 1. The van der Waals surface area contributed by atoms with Crippen LogP contribution in [0.5, 0.6) is 0 Å². The van der Waals surface area contributed by atoms with Crippen molar-refractivity contribution in [3.05, 3.63) is 34.3 Å². The highest BCUT2D eigenvalue weighted by molar-refractivity contribution is 9.10. The van der Waals surface area contributed by atoms with Gasteiger partial charge in [-0.1, -0.05) is 34.1 Å². The van der Waals surface area contributed by atoms with Crippen LogP contribution in [0.1, 0.15) is 31.2 Å². The van der Waals surface area contributed by atoms with E-state index in [-0.39, 0.29) is 6.10 Å². The number of rotatable bonds is 4. The molecule has 1 aliphatic rings. The Morgan fingerprint density at radius 2 is 1.88 bits per heavy atom. The van der Waals surface area contributed by atoms with Gasteiger partial charge < -0.3 is 10.4 Å². The van der Waals surface area contributed by atoms with Crippen molar-refractivity contribution in [3.8, 4) is 0 Å². The van der Waals surface area contributed by atoms with Gasteiger partial charge in [0.15, 0.2) is 0 Å². The van der Waals surface area contributed by atoms with Crippen LogP contribution in [-0.4, -0.2) is 17.8 Å². The molecule has 1 aromatic rings. The summed E-state index contributed by atoms with van der Waals surface area (Å²) in [6.45, 7) is 1.98. The zero-order valence-electron chi connectivity index (χ0n) is 10.0. The monoisotopic (exact) mass is 297 g/mol. The van der Waals surface area contributed by atoms with Crippen molar-refractivity contribution in [2.45, 2.75) is 38.3 Å². The first-order valence-electron chi connectivity index (χ1n) is 6.38. The molecule has 94 valence electrons. The third-order valence-electron chi connectivity index (χ3n) is 3.52. The average Bonchev–Trinajstić information content (AvgIpc) is 2.34. The van der Waals surface area contributed by atoms with E-state index in [0.717, 1.165) is 44.7 Å². The zero-order chi connectivity index (χ0) is 12.1. The summed E-state index contributed by atoms with van der Waals surface area (Å²) >= 11 is 3.56. The first-order chi connectivity index (χ1) is 8.25. The highest BCUT2D eigenvalue weighted by atomic mass is 79.9. The van der Waals surface area contributed by atoms with Crippen molar-refractivity contribution in [2.24, 2.45) is 5.92 Å². The summed E-state index contributed by atoms with van der Waals surface area (Å²) in [5, 5.41) is 13.0. The van der Waals surface area contributed by atoms with Gasteiger partial charge in [0.25, 0.3) is 0 Å². The Balaban J connectivity index is 1.71. The van der Waals surface area contributed by atoms with E-state index in [9.17, 15) is 5.11 Å². The van der Waals surface area contributed by atoms with Crippen LogP contribution in [0, 0.1) is 5.92 Å². The number of hydrogen-bond acceptors (Lipinski definition) is 2. The summed E-state index contributed by atoms with van der Waals surface area (Å²) in [6, 6.07) is 8.32. The molecular formula is C14H20BrNO. The molecule has 2 nitrogen and oxygen atoms in total. The minimum absolute atomic E-state index is 0.0467. The quantitative estimate of drug-likeness (QED) is 0.895. The highest BCUT2D eigenvalue weighted by Crippen LogP contribution is 2.23. The number of benzene rings is 1. The van der Waals surface area contributed by atoms with Gasteiger partial charge in [-0.05, 0) is 49.8 Å². The van der Waals surface area contributed by atoms with E-state index in [1.807, 2.05) is 6.07 Å². The van der Waals surface area contributed by atoms with Crippen molar-refractivity contribution in [1.82, 2.24) is 5.32 Å². The molecule has 0 saturated heterocycles. The molecule has 0 bridgehead atoms. The molecular weight excluding hydrogens is 278 g/mol. The lowest BCUT2D eigenvalue weighted by Gasteiger charge is -2.25. The predicted molar refractivity (Wildman–Crippen MR) is 73.8 cm³/mol. The lowest BCUT2D eigenvalue weighted by molar-refractivity contribution is 0.108. The van der Waals surface area contributed by atoms with Gasteiger partial charge in [-0.2, -0.15) is 0 Å². The second-order valence-corrected chi connectivity index (χ2v) is 5.75. The summed E-state index contributed by atoms with van der Waals surface area (Å²) in [6.07, 6.45) is 4.21.